The third kappa shape index (κ3) is 1.93. The maximum Gasteiger partial charge on any atom is 0.150 e. The standard InChI is InChI=1S/C13H17BrN2O/c1-8(13-3-12(14)9(2)17-13)16-6-10-4-15-5-11(10)7-16/h3,10-11,15H,1,4-7H2,2H3. The number of aryl methyl sites for hydroxylation is 1. The molecule has 3 rings (SSSR count). The second-order valence-corrected chi connectivity index (χ2v) is 5.90. The average molecular weight is 297 g/mol. The molecule has 1 N–H and O–H groups in total. The highest BCUT2D eigenvalue weighted by atomic mass is 79.9. The predicted molar refractivity (Wildman–Crippen MR) is 71.6 cm³/mol. The summed E-state index contributed by atoms with van der Waals surface area (Å²) < 4.78 is 6.73. The number of hydrogen-bond donors (Lipinski definition) is 1. The van der Waals surface area contributed by atoms with E-state index in [2.05, 4.69) is 32.7 Å². The Labute approximate surface area is 110 Å². The Morgan fingerprint density at radius 1 is 1.47 bits per heavy atom. The number of rotatable bonds is 2. The number of likely N-dealkylation sites (tertiary alicyclic amines) is 1. The first-order valence-electron chi connectivity index (χ1n) is 6.06. The second kappa shape index (κ2) is 4.18. The fourth-order valence-corrected chi connectivity index (χ4v) is 3.12. The van der Waals surface area contributed by atoms with Crippen LogP contribution in [0.15, 0.2) is 21.5 Å². The molecule has 0 radical (unpaired) electrons. The van der Waals surface area contributed by atoms with E-state index >= 15 is 0 Å². The van der Waals surface area contributed by atoms with Gasteiger partial charge >= 0.3 is 0 Å². The lowest BCUT2D eigenvalue weighted by atomic mass is 10.0. The van der Waals surface area contributed by atoms with E-state index in [1.807, 2.05) is 13.0 Å². The van der Waals surface area contributed by atoms with Crippen molar-refractivity contribution in [2.75, 3.05) is 26.2 Å². The Bertz CT molecular complexity index is 423. The molecule has 2 aliphatic heterocycles. The summed E-state index contributed by atoms with van der Waals surface area (Å²) in [6.07, 6.45) is 0. The van der Waals surface area contributed by atoms with Crippen molar-refractivity contribution in [1.29, 1.82) is 0 Å². The van der Waals surface area contributed by atoms with E-state index in [1.54, 1.807) is 0 Å². The van der Waals surface area contributed by atoms with Crippen molar-refractivity contribution in [3.63, 3.8) is 0 Å². The number of hydrogen-bond acceptors (Lipinski definition) is 3. The van der Waals surface area contributed by atoms with Crippen LogP contribution in [0.25, 0.3) is 5.70 Å². The van der Waals surface area contributed by atoms with Crippen LogP contribution in [-0.2, 0) is 0 Å². The van der Waals surface area contributed by atoms with Gasteiger partial charge in [-0.05, 0) is 34.7 Å². The molecule has 2 unspecified atom stereocenters. The Morgan fingerprint density at radius 3 is 2.65 bits per heavy atom. The van der Waals surface area contributed by atoms with Gasteiger partial charge in [0.15, 0.2) is 5.76 Å². The Hall–Kier alpha value is -0.740. The van der Waals surface area contributed by atoms with Crippen LogP contribution in [0.5, 0.6) is 0 Å². The van der Waals surface area contributed by atoms with Gasteiger partial charge in [-0.1, -0.05) is 6.58 Å². The van der Waals surface area contributed by atoms with E-state index in [0.29, 0.717) is 0 Å². The number of nitrogens with one attached hydrogen (secondary N) is 1. The van der Waals surface area contributed by atoms with Gasteiger partial charge in [0.05, 0.1) is 10.2 Å². The summed E-state index contributed by atoms with van der Waals surface area (Å²) in [6.45, 7) is 10.6. The van der Waals surface area contributed by atoms with Gasteiger partial charge in [-0.15, -0.1) is 0 Å². The van der Waals surface area contributed by atoms with Crippen LogP contribution in [0, 0.1) is 18.8 Å². The van der Waals surface area contributed by atoms with Crippen molar-refractivity contribution < 1.29 is 4.42 Å². The molecule has 0 saturated carbocycles. The van der Waals surface area contributed by atoms with E-state index in [1.165, 1.54) is 0 Å². The van der Waals surface area contributed by atoms with Crippen LogP contribution in [0.4, 0.5) is 0 Å². The molecule has 3 nitrogen and oxygen atoms in total. The lowest BCUT2D eigenvalue weighted by molar-refractivity contribution is 0.422. The molecular formula is C13H17BrN2O. The smallest absolute Gasteiger partial charge is 0.150 e. The van der Waals surface area contributed by atoms with Crippen molar-refractivity contribution in [2.45, 2.75) is 6.92 Å². The monoisotopic (exact) mass is 296 g/mol. The predicted octanol–water partition coefficient (Wildman–Crippen LogP) is 2.47. The van der Waals surface area contributed by atoms with Crippen molar-refractivity contribution in [1.82, 2.24) is 10.2 Å². The summed E-state index contributed by atoms with van der Waals surface area (Å²) >= 11 is 3.48. The van der Waals surface area contributed by atoms with Crippen molar-refractivity contribution in [3.05, 3.63) is 28.6 Å². The molecule has 0 bridgehead atoms. The topological polar surface area (TPSA) is 28.4 Å². The molecule has 1 aromatic rings. The summed E-state index contributed by atoms with van der Waals surface area (Å²) in [4.78, 5) is 2.36. The lowest BCUT2D eigenvalue weighted by Crippen LogP contribution is -2.24. The Kier molecular flexibility index (Phi) is 2.79. The van der Waals surface area contributed by atoms with Gasteiger partial charge < -0.3 is 14.6 Å². The SMILES string of the molecule is C=C(c1cc(Br)c(C)o1)N1CC2CNCC2C1. The average Bonchev–Trinajstić information content (AvgIpc) is 2.92. The summed E-state index contributed by atoms with van der Waals surface area (Å²) in [5.74, 6) is 3.38. The third-order valence-corrected chi connectivity index (χ3v) is 4.70. The zero-order chi connectivity index (χ0) is 12.0. The molecule has 0 aromatic carbocycles. The second-order valence-electron chi connectivity index (χ2n) is 5.04. The highest BCUT2D eigenvalue weighted by Gasteiger charge is 2.37. The first-order valence-corrected chi connectivity index (χ1v) is 6.85. The normalized spacial score (nSPS) is 27.5. The van der Waals surface area contributed by atoms with Crippen LogP contribution in [0.1, 0.15) is 11.5 Å². The summed E-state index contributed by atoms with van der Waals surface area (Å²) in [6, 6.07) is 2.02. The van der Waals surface area contributed by atoms with Gasteiger partial charge in [0.2, 0.25) is 0 Å². The fraction of sp³-hybridized carbons (Fsp3) is 0.538. The van der Waals surface area contributed by atoms with Crippen molar-refractivity contribution in [3.8, 4) is 0 Å². The van der Waals surface area contributed by atoms with Gasteiger partial charge in [-0.25, -0.2) is 0 Å². The molecule has 0 spiro atoms. The lowest BCUT2D eigenvalue weighted by Gasteiger charge is -2.20. The quantitative estimate of drug-likeness (QED) is 0.909. The minimum Gasteiger partial charge on any atom is -0.459 e. The minimum atomic E-state index is 0.784. The molecule has 2 fully saturated rings. The number of halogens is 1. The molecule has 17 heavy (non-hydrogen) atoms. The van der Waals surface area contributed by atoms with Gasteiger partial charge in [-0.2, -0.15) is 0 Å². The van der Waals surface area contributed by atoms with Crippen molar-refractivity contribution in [2.24, 2.45) is 11.8 Å². The van der Waals surface area contributed by atoms with Crippen LogP contribution in [0.3, 0.4) is 0 Å². The Balaban J connectivity index is 1.75. The highest BCUT2D eigenvalue weighted by Crippen LogP contribution is 2.33. The minimum absolute atomic E-state index is 0.784. The zero-order valence-corrected chi connectivity index (χ0v) is 11.6. The van der Waals surface area contributed by atoms with E-state index in [4.69, 9.17) is 4.42 Å². The molecule has 1 aromatic heterocycles. The summed E-state index contributed by atoms with van der Waals surface area (Å²) in [7, 11) is 0. The first-order chi connectivity index (χ1) is 8.15. The van der Waals surface area contributed by atoms with E-state index in [-0.39, 0.29) is 0 Å². The highest BCUT2D eigenvalue weighted by molar-refractivity contribution is 9.10. The molecule has 4 heteroatoms. The fourth-order valence-electron chi connectivity index (χ4n) is 2.83. The zero-order valence-electron chi connectivity index (χ0n) is 10.0. The van der Waals surface area contributed by atoms with Gasteiger partial charge in [0, 0.05) is 32.2 Å². The maximum absolute atomic E-state index is 5.71. The van der Waals surface area contributed by atoms with Crippen LogP contribution in [0.2, 0.25) is 0 Å². The number of nitrogens with zero attached hydrogens (tertiary/aromatic N) is 1. The summed E-state index contributed by atoms with van der Waals surface area (Å²) in [5, 5.41) is 3.45. The molecule has 0 aliphatic carbocycles. The van der Waals surface area contributed by atoms with Crippen molar-refractivity contribution >= 4 is 21.6 Å². The van der Waals surface area contributed by atoms with E-state index in [9.17, 15) is 0 Å². The molecule has 3 heterocycles. The Morgan fingerprint density at radius 2 is 2.12 bits per heavy atom. The third-order valence-electron chi connectivity index (χ3n) is 3.91. The number of furan rings is 1. The van der Waals surface area contributed by atoms with Crippen LogP contribution in [-0.4, -0.2) is 31.1 Å². The van der Waals surface area contributed by atoms with E-state index < -0.39 is 0 Å². The number of fused-ring (bicyclic) bond motifs is 1. The van der Waals surface area contributed by atoms with Gasteiger partial charge in [-0.3, -0.25) is 0 Å². The largest absolute Gasteiger partial charge is 0.459 e. The summed E-state index contributed by atoms with van der Waals surface area (Å²) in [5.41, 5.74) is 1.02. The van der Waals surface area contributed by atoms with E-state index in [0.717, 1.165) is 59.7 Å². The molecule has 2 atom stereocenters. The molecule has 92 valence electrons. The maximum atomic E-state index is 5.71. The van der Waals surface area contributed by atoms with Gasteiger partial charge in [0.1, 0.15) is 5.76 Å². The molecule has 0 amide bonds. The molecule has 2 saturated heterocycles. The van der Waals surface area contributed by atoms with Crippen LogP contribution < -0.4 is 5.32 Å². The molecular weight excluding hydrogens is 280 g/mol. The van der Waals surface area contributed by atoms with Gasteiger partial charge in [0.25, 0.3) is 0 Å². The molecule has 2 aliphatic rings. The first kappa shape index (κ1) is 11.4. The van der Waals surface area contributed by atoms with Crippen LogP contribution >= 0.6 is 15.9 Å².